The standard InChI is InChI=1S/C11H21NS/c1-5-10(6-2)9-12-11(7-3,8-4)13-10/h9H,5-8H2,1-4H3. The van der Waals surface area contributed by atoms with Crippen molar-refractivity contribution in [3.8, 4) is 0 Å². The number of rotatable bonds is 4. The van der Waals surface area contributed by atoms with Gasteiger partial charge in [0, 0.05) is 6.21 Å². The van der Waals surface area contributed by atoms with E-state index < -0.39 is 0 Å². The van der Waals surface area contributed by atoms with Crippen LogP contribution in [-0.4, -0.2) is 15.8 Å². The lowest BCUT2D eigenvalue weighted by molar-refractivity contribution is 0.581. The molecule has 0 saturated carbocycles. The largest absolute Gasteiger partial charge is 0.279 e. The van der Waals surface area contributed by atoms with Crippen molar-refractivity contribution in [2.75, 3.05) is 0 Å². The predicted molar refractivity (Wildman–Crippen MR) is 62.7 cm³/mol. The van der Waals surface area contributed by atoms with Crippen molar-refractivity contribution in [2.45, 2.75) is 63.0 Å². The smallest absolute Gasteiger partial charge is 0.106 e. The Labute approximate surface area is 86.4 Å². The van der Waals surface area contributed by atoms with E-state index in [1.807, 2.05) is 0 Å². The average molecular weight is 199 g/mol. The van der Waals surface area contributed by atoms with Gasteiger partial charge in [-0.25, -0.2) is 0 Å². The number of hydrogen-bond donors (Lipinski definition) is 0. The van der Waals surface area contributed by atoms with E-state index in [9.17, 15) is 0 Å². The lowest BCUT2D eigenvalue weighted by Gasteiger charge is -2.29. The Bertz CT molecular complexity index is 170. The third kappa shape index (κ3) is 1.93. The minimum absolute atomic E-state index is 0.200. The van der Waals surface area contributed by atoms with E-state index in [4.69, 9.17) is 4.99 Å². The summed E-state index contributed by atoms with van der Waals surface area (Å²) in [5.41, 5.74) is 0. The van der Waals surface area contributed by atoms with E-state index in [1.165, 1.54) is 12.8 Å². The molecule has 0 radical (unpaired) electrons. The fourth-order valence-electron chi connectivity index (χ4n) is 1.82. The second-order valence-electron chi connectivity index (χ2n) is 3.79. The van der Waals surface area contributed by atoms with Crippen LogP contribution in [0.15, 0.2) is 4.99 Å². The maximum absolute atomic E-state index is 4.74. The quantitative estimate of drug-likeness (QED) is 0.669. The molecule has 13 heavy (non-hydrogen) atoms. The second kappa shape index (κ2) is 4.04. The highest BCUT2D eigenvalue weighted by atomic mass is 32.2. The summed E-state index contributed by atoms with van der Waals surface area (Å²) in [4.78, 5) is 4.94. The fraction of sp³-hybridized carbons (Fsp3) is 0.909. The molecule has 0 aromatic carbocycles. The number of nitrogens with zero attached hydrogens (tertiary/aromatic N) is 1. The van der Waals surface area contributed by atoms with Gasteiger partial charge in [0.05, 0.1) is 4.75 Å². The van der Waals surface area contributed by atoms with Gasteiger partial charge in [0.1, 0.15) is 4.87 Å². The summed E-state index contributed by atoms with van der Waals surface area (Å²) in [7, 11) is 0. The zero-order chi connectivity index (χ0) is 9.95. The van der Waals surface area contributed by atoms with E-state index in [2.05, 4.69) is 45.7 Å². The Morgan fingerprint density at radius 2 is 1.54 bits per heavy atom. The third-order valence-corrected chi connectivity index (χ3v) is 5.38. The number of thioether (sulfide) groups is 1. The van der Waals surface area contributed by atoms with Gasteiger partial charge >= 0.3 is 0 Å². The Balaban J connectivity index is 2.77. The van der Waals surface area contributed by atoms with Crippen molar-refractivity contribution < 1.29 is 0 Å². The van der Waals surface area contributed by atoms with Gasteiger partial charge in [0.15, 0.2) is 0 Å². The summed E-state index contributed by atoms with van der Waals surface area (Å²) < 4.78 is 0.339. The molecule has 0 fully saturated rings. The molecule has 1 aliphatic rings. The molecule has 1 aliphatic heterocycles. The van der Waals surface area contributed by atoms with Crippen LogP contribution >= 0.6 is 11.8 Å². The van der Waals surface area contributed by atoms with E-state index in [1.54, 1.807) is 0 Å². The molecule has 76 valence electrons. The molecule has 0 aromatic heterocycles. The molecule has 0 amide bonds. The molecule has 0 bridgehead atoms. The molecule has 0 aliphatic carbocycles. The molecule has 1 rings (SSSR count). The van der Waals surface area contributed by atoms with Gasteiger partial charge in [-0.3, -0.25) is 4.99 Å². The van der Waals surface area contributed by atoms with E-state index in [-0.39, 0.29) is 4.87 Å². The van der Waals surface area contributed by atoms with Crippen molar-refractivity contribution in [1.82, 2.24) is 0 Å². The molecule has 0 saturated heterocycles. The Hall–Kier alpha value is 0.0200. The molecule has 0 aromatic rings. The SMILES string of the molecule is CCC1(CC)C=NC(CC)(CC)S1. The van der Waals surface area contributed by atoms with Crippen LogP contribution in [0.1, 0.15) is 53.4 Å². The van der Waals surface area contributed by atoms with E-state index >= 15 is 0 Å². The van der Waals surface area contributed by atoms with Gasteiger partial charge in [-0.15, -0.1) is 11.8 Å². The molecular weight excluding hydrogens is 178 g/mol. The topological polar surface area (TPSA) is 12.4 Å². The highest BCUT2D eigenvalue weighted by Gasteiger charge is 2.41. The lowest BCUT2D eigenvalue weighted by atomic mass is 10.0. The summed E-state index contributed by atoms with van der Waals surface area (Å²) in [6.07, 6.45) is 6.95. The van der Waals surface area contributed by atoms with Crippen molar-refractivity contribution in [3.05, 3.63) is 0 Å². The van der Waals surface area contributed by atoms with Gasteiger partial charge in [-0.05, 0) is 25.7 Å². The number of hydrogen-bond acceptors (Lipinski definition) is 2. The first-order chi connectivity index (χ1) is 6.16. The van der Waals surface area contributed by atoms with Crippen LogP contribution in [0.3, 0.4) is 0 Å². The predicted octanol–water partition coefficient (Wildman–Crippen LogP) is 3.88. The summed E-state index contributed by atoms with van der Waals surface area (Å²) >= 11 is 2.08. The van der Waals surface area contributed by atoms with E-state index in [0.717, 1.165) is 12.8 Å². The summed E-state index contributed by atoms with van der Waals surface area (Å²) in [5.74, 6) is 0. The second-order valence-corrected chi connectivity index (χ2v) is 5.56. The maximum atomic E-state index is 4.74. The molecule has 1 nitrogen and oxygen atoms in total. The van der Waals surface area contributed by atoms with Gasteiger partial charge in [0.25, 0.3) is 0 Å². The van der Waals surface area contributed by atoms with Crippen LogP contribution in [0.4, 0.5) is 0 Å². The van der Waals surface area contributed by atoms with E-state index in [0.29, 0.717) is 4.75 Å². The molecule has 2 heteroatoms. The van der Waals surface area contributed by atoms with Gasteiger partial charge in [0.2, 0.25) is 0 Å². The summed E-state index contributed by atoms with van der Waals surface area (Å²) in [6.45, 7) is 9.03. The average Bonchev–Trinajstić information content (AvgIpc) is 2.59. The maximum Gasteiger partial charge on any atom is 0.106 e. The van der Waals surface area contributed by atoms with Crippen LogP contribution in [0.5, 0.6) is 0 Å². The number of aliphatic imine (C=N–C) groups is 1. The fourth-order valence-corrected chi connectivity index (χ4v) is 3.37. The molecular formula is C11H21NS. The van der Waals surface area contributed by atoms with Gasteiger partial charge in [-0.2, -0.15) is 0 Å². The normalized spacial score (nSPS) is 23.7. The zero-order valence-electron chi connectivity index (χ0n) is 9.26. The van der Waals surface area contributed by atoms with Crippen molar-refractivity contribution >= 4 is 18.0 Å². The highest BCUT2D eigenvalue weighted by Crippen LogP contribution is 2.49. The molecule has 1 heterocycles. The Morgan fingerprint density at radius 1 is 1.00 bits per heavy atom. The monoisotopic (exact) mass is 199 g/mol. The molecule has 0 unspecified atom stereocenters. The minimum atomic E-state index is 0.200. The van der Waals surface area contributed by atoms with Crippen molar-refractivity contribution in [2.24, 2.45) is 4.99 Å². The first-order valence-electron chi connectivity index (χ1n) is 5.42. The van der Waals surface area contributed by atoms with Crippen LogP contribution < -0.4 is 0 Å². The van der Waals surface area contributed by atoms with Gasteiger partial charge < -0.3 is 0 Å². The Kier molecular flexibility index (Phi) is 3.44. The first kappa shape index (κ1) is 11.1. The van der Waals surface area contributed by atoms with Crippen LogP contribution in [0, 0.1) is 0 Å². The van der Waals surface area contributed by atoms with Crippen LogP contribution in [0.25, 0.3) is 0 Å². The van der Waals surface area contributed by atoms with Crippen LogP contribution in [0.2, 0.25) is 0 Å². The third-order valence-electron chi connectivity index (χ3n) is 3.23. The highest BCUT2D eigenvalue weighted by molar-refractivity contribution is 8.03. The first-order valence-corrected chi connectivity index (χ1v) is 6.24. The molecule has 0 N–H and O–H groups in total. The van der Waals surface area contributed by atoms with Gasteiger partial charge in [-0.1, -0.05) is 27.7 Å². The Morgan fingerprint density at radius 3 is 1.77 bits per heavy atom. The van der Waals surface area contributed by atoms with Crippen molar-refractivity contribution in [3.63, 3.8) is 0 Å². The zero-order valence-corrected chi connectivity index (χ0v) is 10.1. The molecule has 0 spiro atoms. The van der Waals surface area contributed by atoms with Crippen LogP contribution in [-0.2, 0) is 0 Å². The molecule has 0 atom stereocenters. The summed E-state index contributed by atoms with van der Waals surface area (Å²) in [5, 5.41) is 0. The lowest BCUT2D eigenvalue weighted by Crippen LogP contribution is -2.26. The van der Waals surface area contributed by atoms with Crippen molar-refractivity contribution in [1.29, 1.82) is 0 Å². The summed E-state index contributed by atoms with van der Waals surface area (Å²) in [6, 6.07) is 0. The minimum Gasteiger partial charge on any atom is -0.279 e.